The molecule has 0 N–H and O–H groups in total. The van der Waals surface area contributed by atoms with E-state index >= 15 is 0 Å². The second kappa shape index (κ2) is 6.76. The largest absolute Gasteiger partial charge is 0.486 e. The zero-order chi connectivity index (χ0) is 20.1. The van der Waals surface area contributed by atoms with E-state index in [0.29, 0.717) is 25.2 Å². The molecule has 30 heavy (non-hydrogen) atoms. The molecule has 3 heterocycles. The van der Waals surface area contributed by atoms with E-state index in [1.54, 1.807) is 12.1 Å². The Morgan fingerprint density at radius 2 is 1.60 bits per heavy atom. The first kappa shape index (κ1) is 17.3. The van der Waals surface area contributed by atoms with Gasteiger partial charge in [0.1, 0.15) is 24.8 Å². The maximum atomic E-state index is 14.6. The fourth-order valence-electron chi connectivity index (χ4n) is 4.31. The first-order valence-corrected chi connectivity index (χ1v) is 10.0. The Morgan fingerprint density at radius 1 is 0.833 bits per heavy atom. The summed E-state index contributed by atoms with van der Waals surface area (Å²) >= 11 is 0. The summed E-state index contributed by atoms with van der Waals surface area (Å²) in [4.78, 5) is 0. The molecule has 2 atom stereocenters. The molecule has 0 aromatic heterocycles. The van der Waals surface area contributed by atoms with Crippen LogP contribution < -0.4 is 14.2 Å². The van der Waals surface area contributed by atoms with Crippen molar-refractivity contribution in [3.05, 3.63) is 89.2 Å². The molecule has 0 radical (unpaired) electrons. The summed E-state index contributed by atoms with van der Waals surface area (Å²) in [5.41, 5.74) is 3.42. The van der Waals surface area contributed by atoms with E-state index in [-0.39, 0.29) is 11.9 Å². The highest BCUT2D eigenvalue weighted by Crippen LogP contribution is 2.48. The fraction of sp³-hybridized carbons (Fsp3) is 0.208. The third-order valence-corrected chi connectivity index (χ3v) is 5.75. The Morgan fingerprint density at radius 3 is 2.47 bits per heavy atom. The summed E-state index contributed by atoms with van der Waals surface area (Å²) in [5.74, 6) is 1.95. The van der Waals surface area contributed by atoms with Crippen molar-refractivity contribution in [2.24, 2.45) is 5.10 Å². The van der Waals surface area contributed by atoms with Crippen molar-refractivity contribution in [2.45, 2.75) is 18.7 Å². The number of rotatable bonds is 2. The number of para-hydroxylation sites is 1. The predicted molar refractivity (Wildman–Crippen MR) is 109 cm³/mol. The Bertz CT molecular complexity index is 1160. The Hall–Kier alpha value is -3.54. The Kier molecular flexibility index (Phi) is 3.91. The number of hydrogen-bond donors (Lipinski definition) is 0. The van der Waals surface area contributed by atoms with Crippen LogP contribution in [0.4, 0.5) is 4.39 Å². The minimum absolute atomic E-state index is 0.0252. The van der Waals surface area contributed by atoms with Gasteiger partial charge in [-0.3, -0.25) is 0 Å². The van der Waals surface area contributed by atoms with Crippen LogP contribution in [0.3, 0.4) is 0 Å². The molecule has 0 spiro atoms. The highest BCUT2D eigenvalue weighted by atomic mass is 19.1. The molecule has 0 unspecified atom stereocenters. The van der Waals surface area contributed by atoms with Gasteiger partial charge in [-0.05, 0) is 30.3 Å². The van der Waals surface area contributed by atoms with E-state index in [9.17, 15) is 4.39 Å². The number of fused-ring (bicyclic) bond motifs is 4. The summed E-state index contributed by atoms with van der Waals surface area (Å²) in [5, 5.41) is 6.77. The van der Waals surface area contributed by atoms with E-state index in [4.69, 9.17) is 19.3 Å². The standard InChI is InChI=1S/C24H19FN2O3/c25-18-7-3-1-5-16(18)24-27-20(17-6-2-4-8-21(17)30-24)14-19(26-27)15-9-10-22-23(13-15)29-12-11-28-22/h1-10,13,20,24H,11-12,14H2/t20-,24+/m0/s1. The van der Waals surface area contributed by atoms with Crippen molar-refractivity contribution in [1.29, 1.82) is 0 Å². The van der Waals surface area contributed by atoms with Gasteiger partial charge in [0.15, 0.2) is 11.5 Å². The molecule has 0 bridgehead atoms. The summed E-state index contributed by atoms with van der Waals surface area (Å²) in [6, 6.07) is 20.5. The maximum Gasteiger partial charge on any atom is 0.216 e. The summed E-state index contributed by atoms with van der Waals surface area (Å²) in [6.07, 6.45) is 0.0751. The molecule has 150 valence electrons. The number of ether oxygens (including phenoxy) is 3. The van der Waals surface area contributed by atoms with E-state index in [2.05, 4.69) is 0 Å². The van der Waals surface area contributed by atoms with Gasteiger partial charge in [0.25, 0.3) is 0 Å². The van der Waals surface area contributed by atoms with E-state index in [0.717, 1.165) is 34.1 Å². The van der Waals surface area contributed by atoms with E-state index in [1.807, 2.05) is 53.5 Å². The Labute approximate surface area is 173 Å². The van der Waals surface area contributed by atoms with Gasteiger partial charge in [-0.2, -0.15) is 5.10 Å². The summed E-state index contributed by atoms with van der Waals surface area (Å²) in [7, 11) is 0. The van der Waals surface area contributed by atoms with Crippen LogP contribution in [-0.4, -0.2) is 23.9 Å². The molecule has 5 nitrogen and oxygen atoms in total. The van der Waals surface area contributed by atoms with Gasteiger partial charge in [-0.25, -0.2) is 9.40 Å². The number of nitrogens with zero attached hydrogens (tertiary/aromatic N) is 2. The topological polar surface area (TPSA) is 43.3 Å². The molecule has 0 amide bonds. The molecular weight excluding hydrogens is 383 g/mol. The normalized spacial score (nSPS) is 21.4. The third-order valence-electron chi connectivity index (χ3n) is 5.75. The minimum atomic E-state index is -0.624. The van der Waals surface area contributed by atoms with Gasteiger partial charge in [-0.15, -0.1) is 0 Å². The van der Waals surface area contributed by atoms with Crippen LogP contribution in [0.15, 0.2) is 71.8 Å². The summed E-state index contributed by atoms with van der Waals surface area (Å²) in [6.45, 7) is 1.09. The van der Waals surface area contributed by atoms with Gasteiger partial charge >= 0.3 is 0 Å². The molecule has 3 aromatic carbocycles. The first-order valence-electron chi connectivity index (χ1n) is 10.0. The highest BCUT2D eigenvalue weighted by molar-refractivity contribution is 6.02. The number of benzene rings is 3. The van der Waals surface area contributed by atoms with Crippen LogP contribution >= 0.6 is 0 Å². The lowest BCUT2D eigenvalue weighted by molar-refractivity contribution is -0.0212. The van der Waals surface area contributed by atoms with Crippen LogP contribution in [0.2, 0.25) is 0 Å². The molecular formula is C24H19FN2O3. The summed E-state index contributed by atoms with van der Waals surface area (Å²) < 4.78 is 32.2. The van der Waals surface area contributed by atoms with E-state index < -0.39 is 6.23 Å². The zero-order valence-corrected chi connectivity index (χ0v) is 16.1. The molecule has 0 saturated carbocycles. The van der Waals surface area contributed by atoms with Crippen molar-refractivity contribution in [1.82, 2.24) is 5.01 Å². The predicted octanol–water partition coefficient (Wildman–Crippen LogP) is 4.84. The molecule has 3 aliphatic rings. The van der Waals surface area contributed by atoms with Crippen LogP contribution in [0.5, 0.6) is 17.2 Å². The van der Waals surface area contributed by atoms with Crippen LogP contribution in [0.1, 0.15) is 35.4 Å². The lowest BCUT2D eigenvalue weighted by Crippen LogP contribution is -2.34. The number of hydrazone groups is 1. The van der Waals surface area contributed by atoms with Gasteiger partial charge < -0.3 is 14.2 Å². The second-order valence-electron chi connectivity index (χ2n) is 7.53. The lowest BCUT2D eigenvalue weighted by Gasteiger charge is -2.38. The smallest absolute Gasteiger partial charge is 0.216 e. The quantitative estimate of drug-likeness (QED) is 0.615. The number of halogens is 1. The minimum Gasteiger partial charge on any atom is -0.486 e. The fourth-order valence-corrected chi connectivity index (χ4v) is 4.31. The van der Waals surface area contributed by atoms with Gasteiger partial charge in [0.05, 0.1) is 17.3 Å². The van der Waals surface area contributed by atoms with E-state index in [1.165, 1.54) is 6.07 Å². The zero-order valence-electron chi connectivity index (χ0n) is 16.1. The lowest BCUT2D eigenvalue weighted by atomic mass is 9.95. The average Bonchev–Trinajstić information content (AvgIpc) is 3.24. The molecule has 0 fully saturated rings. The molecule has 6 rings (SSSR count). The van der Waals surface area contributed by atoms with Crippen molar-refractivity contribution in [2.75, 3.05) is 13.2 Å². The second-order valence-corrected chi connectivity index (χ2v) is 7.53. The van der Waals surface area contributed by atoms with Crippen molar-refractivity contribution in [3.8, 4) is 17.2 Å². The van der Waals surface area contributed by atoms with Gasteiger partial charge in [0, 0.05) is 17.5 Å². The van der Waals surface area contributed by atoms with Crippen LogP contribution in [-0.2, 0) is 0 Å². The molecule has 3 aliphatic heterocycles. The molecule has 0 saturated heterocycles. The van der Waals surface area contributed by atoms with Gasteiger partial charge in [0.2, 0.25) is 6.23 Å². The molecule has 0 aliphatic carbocycles. The monoisotopic (exact) mass is 402 g/mol. The highest BCUT2D eigenvalue weighted by Gasteiger charge is 2.41. The number of hydrogen-bond acceptors (Lipinski definition) is 5. The molecule has 3 aromatic rings. The van der Waals surface area contributed by atoms with Crippen molar-refractivity contribution < 1.29 is 18.6 Å². The third kappa shape index (κ3) is 2.71. The van der Waals surface area contributed by atoms with Crippen LogP contribution in [0.25, 0.3) is 0 Å². The Balaban J connectivity index is 1.43. The van der Waals surface area contributed by atoms with Crippen LogP contribution in [0, 0.1) is 5.82 Å². The van der Waals surface area contributed by atoms with Crippen molar-refractivity contribution >= 4 is 5.71 Å². The average molecular weight is 402 g/mol. The maximum absolute atomic E-state index is 14.6. The van der Waals surface area contributed by atoms with Gasteiger partial charge in [-0.1, -0.05) is 36.4 Å². The SMILES string of the molecule is Fc1ccccc1[C@H]1Oc2ccccc2[C@@H]2CC(c3ccc4c(c3)OCCO4)=NN12. The first-order chi connectivity index (χ1) is 14.8. The van der Waals surface area contributed by atoms with Crippen molar-refractivity contribution in [3.63, 3.8) is 0 Å². The molecule has 6 heteroatoms.